The summed E-state index contributed by atoms with van der Waals surface area (Å²) in [6, 6.07) is 23.4. The third kappa shape index (κ3) is 8.02. The van der Waals surface area contributed by atoms with Crippen molar-refractivity contribution < 1.29 is 15.0 Å². The van der Waals surface area contributed by atoms with Gasteiger partial charge in [-0.3, -0.25) is 19.7 Å². The molecule has 0 saturated carbocycles. The number of amides is 1. The standard InChI is InChI=1S/C26H24ClN3O2.C19H19ClN2O/c27-20-3-4-21-19(15-20)16-23(31)22-2-1-9-29-26(22)25(21)18-7-12-30(13-8-18)24(32)14-17-5-10-28-11-6-17;20-14-3-4-15-13(10-14)11-17(23)16-2-1-7-22-19(16)18(15)12-5-8-21-9-6-12/h1-6,9-11,15,23,31H,7-8,12-14,16H2;1-4,7,10,17,21,23H,5-6,8-9,11H2. The summed E-state index contributed by atoms with van der Waals surface area (Å²) < 4.78 is 0. The number of fused-ring (bicyclic) bond motifs is 4. The maximum Gasteiger partial charge on any atom is 0.227 e. The van der Waals surface area contributed by atoms with E-state index in [-0.39, 0.29) is 5.91 Å². The number of rotatable bonds is 2. The highest BCUT2D eigenvalue weighted by Gasteiger charge is 2.30. The number of aromatic nitrogens is 3. The van der Waals surface area contributed by atoms with Gasteiger partial charge in [0, 0.05) is 83.0 Å². The second-order valence-electron chi connectivity index (χ2n) is 14.5. The number of benzene rings is 2. The molecule has 8 nitrogen and oxygen atoms in total. The maximum absolute atomic E-state index is 12.8. The average molecular weight is 773 g/mol. The first-order valence-electron chi connectivity index (χ1n) is 19.0. The highest BCUT2D eigenvalue weighted by molar-refractivity contribution is 6.31. The molecule has 2 saturated heterocycles. The minimum Gasteiger partial charge on any atom is -0.388 e. The van der Waals surface area contributed by atoms with E-state index in [9.17, 15) is 15.0 Å². The van der Waals surface area contributed by atoms with Gasteiger partial charge in [-0.05, 0) is 115 Å². The van der Waals surface area contributed by atoms with Crippen LogP contribution < -0.4 is 5.32 Å². The minimum absolute atomic E-state index is 0.141. The van der Waals surface area contributed by atoms with Gasteiger partial charge in [0.25, 0.3) is 0 Å². The molecule has 55 heavy (non-hydrogen) atoms. The third-order valence-electron chi connectivity index (χ3n) is 11.1. The van der Waals surface area contributed by atoms with Crippen molar-refractivity contribution in [3.8, 4) is 0 Å². The van der Waals surface area contributed by atoms with Crippen molar-refractivity contribution >= 4 is 40.3 Å². The lowest BCUT2D eigenvalue weighted by Gasteiger charge is -2.30. The van der Waals surface area contributed by atoms with Gasteiger partial charge in [0.2, 0.25) is 5.91 Å². The Morgan fingerprint density at radius 3 is 1.73 bits per heavy atom. The topological polar surface area (TPSA) is 111 Å². The van der Waals surface area contributed by atoms with E-state index in [0.29, 0.717) is 42.4 Å². The predicted octanol–water partition coefficient (Wildman–Crippen LogP) is 7.90. The Kier molecular flexibility index (Phi) is 11.2. The Labute approximate surface area is 331 Å². The van der Waals surface area contributed by atoms with E-state index >= 15 is 0 Å². The van der Waals surface area contributed by atoms with Crippen molar-refractivity contribution in [2.45, 2.75) is 57.2 Å². The summed E-state index contributed by atoms with van der Waals surface area (Å²) >= 11 is 12.5. The van der Waals surface area contributed by atoms with Gasteiger partial charge in [0.05, 0.1) is 30.0 Å². The van der Waals surface area contributed by atoms with E-state index in [1.165, 1.54) is 22.3 Å². The molecule has 0 radical (unpaired) electrons. The Hall–Kier alpha value is -4.70. The molecule has 2 unspecified atom stereocenters. The van der Waals surface area contributed by atoms with Crippen molar-refractivity contribution in [2.24, 2.45) is 0 Å². The van der Waals surface area contributed by atoms with Gasteiger partial charge in [0.15, 0.2) is 0 Å². The molecule has 5 aromatic rings. The number of hydrogen-bond acceptors (Lipinski definition) is 7. The van der Waals surface area contributed by atoms with E-state index in [1.807, 2.05) is 77.8 Å². The molecule has 0 bridgehead atoms. The molecular formula is C45H43Cl2N5O3. The lowest BCUT2D eigenvalue weighted by atomic mass is 9.88. The average Bonchev–Trinajstić information content (AvgIpc) is 3.41. The van der Waals surface area contributed by atoms with Crippen LogP contribution in [0.2, 0.25) is 10.0 Å². The second kappa shape index (κ2) is 16.6. The Balaban J connectivity index is 0.000000164. The van der Waals surface area contributed by atoms with Gasteiger partial charge in [-0.2, -0.15) is 0 Å². The summed E-state index contributed by atoms with van der Waals surface area (Å²) in [6.45, 7) is 3.34. The number of hydrogen-bond donors (Lipinski definition) is 3. The summed E-state index contributed by atoms with van der Waals surface area (Å²) in [6.07, 6.45) is 10.9. The van der Waals surface area contributed by atoms with Crippen LogP contribution in [0, 0.1) is 0 Å². The molecule has 1 amide bonds. The number of carbonyl (C=O) groups is 1. The van der Waals surface area contributed by atoms with Gasteiger partial charge >= 0.3 is 0 Å². The van der Waals surface area contributed by atoms with Gasteiger partial charge in [0.1, 0.15) is 0 Å². The van der Waals surface area contributed by atoms with Crippen molar-refractivity contribution in [1.82, 2.24) is 25.2 Å². The molecule has 3 N–H and O–H groups in total. The smallest absolute Gasteiger partial charge is 0.227 e. The quantitative estimate of drug-likeness (QED) is 0.167. The third-order valence-corrected chi connectivity index (χ3v) is 11.6. The normalized spacial score (nSPS) is 19.2. The Morgan fingerprint density at radius 2 is 1.20 bits per heavy atom. The van der Waals surface area contributed by atoms with Gasteiger partial charge < -0.3 is 20.4 Å². The number of aliphatic hydroxyl groups excluding tert-OH is 2. The molecule has 4 aliphatic rings. The number of likely N-dealkylation sites (tertiary alicyclic amines) is 1. The molecule has 0 spiro atoms. The molecule has 2 fully saturated rings. The fourth-order valence-electron chi connectivity index (χ4n) is 8.39. The zero-order valence-corrected chi connectivity index (χ0v) is 32.0. The van der Waals surface area contributed by atoms with E-state index in [1.54, 1.807) is 18.6 Å². The van der Waals surface area contributed by atoms with Gasteiger partial charge in [-0.25, -0.2) is 0 Å². The van der Waals surface area contributed by atoms with E-state index < -0.39 is 12.2 Å². The number of nitrogens with zero attached hydrogens (tertiary/aromatic N) is 4. The van der Waals surface area contributed by atoms with E-state index in [0.717, 1.165) is 89.1 Å². The first-order valence-corrected chi connectivity index (χ1v) is 19.8. The van der Waals surface area contributed by atoms with Crippen LogP contribution in [0.15, 0.2) is 109 Å². The van der Waals surface area contributed by atoms with Crippen LogP contribution in [0.5, 0.6) is 0 Å². The first-order chi connectivity index (χ1) is 26.8. The molecule has 9 rings (SSSR count). The molecule has 2 aliphatic heterocycles. The van der Waals surface area contributed by atoms with Crippen LogP contribution in [0.25, 0.3) is 11.1 Å². The zero-order valence-electron chi connectivity index (χ0n) is 30.5. The summed E-state index contributed by atoms with van der Waals surface area (Å²) in [4.78, 5) is 28.1. The zero-order chi connectivity index (χ0) is 37.9. The number of aliphatic hydroxyl groups is 2. The lowest BCUT2D eigenvalue weighted by molar-refractivity contribution is -0.130. The lowest BCUT2D eigenvalue weighted by Crippen LogP contribution is -2.37. The SMILES string of the molecule is O=C(Cc1ccncc1)N1CCC(=C2c3ccc(Cl)cc3CC(O)c3cccnc32)CC1.OC1Cc2cc(Cl)ccc2C(=C2CCNCC2)c2ncccc21. The summed E-state index contributed by atoms with van der Waals surface area (Å²) in [7, 11) is 0. The summed E-state index contributed by atoms with van der Waals surface area (Å²) in [5.41, 5.74) is 13.9. The van der Waals surface area contributed by atoms with Crippen LogP contribution in [-0.2, 0) is 24.1 Å². The molecule has 10 heteroatoms. The van der Waals surface area contributed by atoms with Crippen molar-refractivity contribution in [3.05, 3.63) is 169 Å². The monoisotopic (exact) mass is 771 g/mol. The maximum atomic E-state index is 12.8. The molecular weight excluding hydrogens is 729 g/mol. The first kappa shape index (κ1) is 37.2. The molecule has 2 aromatic carbocycles. The van der Waals surface area contributed by atoms with Crippen LogP contribution >= 0.6 is 23.2 Å². The van der Waals surface area contributed by atoms with Crippen LogP contribution in [0.4, 0.5) is 0 Å². The van der Waals surface area contributed by atoms with Crippen molar-refractivity contribution in [3.63, 3.8) is 0 Å². The number of halogens is 2. The molecule has 2 aliphatic carbocycles. The fourth-order valence-corrected chi connectivity index (χ4v) is 8.78. The molecule has 3 aromatic heterocycles. The second-order valence-corrected chi connectivity index (χ2v) is 15.4. The van der Waals surface area contributed by atoms with Crippen molar-refractivity contribution in [1.29, 1.82) is 0 Å². The highest BCUT2D eigenvalue weighted by Crippen LogP contribution is 2.42. The Morgan fingerprint density at radius 1 is 0.691 bits per heavy atom. The van der Waals surface area contributed by atoms with Crippen molar-refractivity contribution in [2.75, 3.05) is 26.2 Å². The molecule has 5 heterocycles. The van der Waals surface area contributed by atoms with Crippen LogP contribution in [0.3, 0.4) is 0 Å². The van der Waals surface area contributed by atoms with Crippen LogP contribution in [-0.4, -0.2) is 62.2 Å². The molecule has 280 valence electrons. The highest BCUT2D eigenvalue weighted by atomic mass is 35.5. The van der Waals surface area contributed by atoms with Gasteiger partial charge in [-0.15, -0.1) is 0 Å². The summed E-state index contributed by atoms with van der Waals surface area (Å²) in [5.74, 6) is 0.141. The van der Waals surface area contributed by atoms with E-state index in [2.05, 4.69) is 26.3 Å². The van der Waals surface area contributed by atoms with Gasteiger partial charge in [-0.1, -0.05) is 58.6 Å². The summed E-state index contributed by atoms with van der Waals surface area (Å²) in [5, 5.41) is 26.3. The number of carbonyl (C=O) groups excluding carboxylic acids is 1. The van der Waals surface area contributed by atoms with Crippen LogP contribution in [0.1, 0.15) is 88.2 Å². The minimum atomic E-state index is -0.629. The molecule has 2 atom stereocenters. The predicted molar refractivity (Wildman–Crippen MR) is 217 cm³/mol. The number of pyridine rings is 3. The number of nitrogens with one attached hydrogen (secondary N) is 1. The largest absolute Gasteiger partial charge is 0.388 e. The Bertz CT molecular complexity index is 2270. The fraction of sp³-hybridized carbons (Fsp3) is 0.289. The number of piperidine rings is 2. The van der Waals surface area contributed by atoms with E-state index in [4.69, 9.17) is 23.2 Å².